The fraction of sp³-hybridized carbons (Fsp3) is 0.412. The van der Waals surface area contributed by atoms with Crippen LogP contribution in [0.2, 0.25) is 0 Å². The lowest BCUT2D eigenvalue weighted by Crippen LogP contribution is -2.30. The van der Waals surface area contributed by atoms with Crippen LogP contribution in [-0.4, -0.2) is 41.1 Å². The van der Waals surface area contributed by atoms with Crippen molar-refractivity contribution in [3.8, 4) is 5.69 Å². The van der Waals surface area contributed by atoms with E-state index in [1.807, 2.05) is 30.5 Å². The second-order valence-corrected chi connectivity index (χ2v) is 6.64. The Labute approximate surface area is 149 Å². The monoisotopic (exact) mass is 393 g/mol. The molecule has 1 amide bonds. The predicted octanol–water partition coefficient (Wildman–Crippen LogP) is 3.16. The first kappa shape index (κ1) is 17.1. The van der Waals surface area contributed by atoms with Crippen molar-refractivity contribution in [3.63, 3.8) is 0 Å². The van der Waals surface area contributed by atoms with E-state index in [1.54, 1.807) is 17.8 Å². The molecule has 0 aliphatic carbocycles. The molecule has 1 fully saturated rings. The third kappa shape index (κ3) is 4.23. The van der Waals surface area contributed by atoms with Gasteiger partial charge >= 0.3 is 0 Å². The number of hydrogen-bond donors (Lipinski definition) is 1. The first-order chi connectivity index (χ1) is 11.6. The molecule has 0 bridgehead atoms. The van der Waals surface area contributed by atoms with Crippen LogP contribution in [-0.2, 0) is 14.3 Å². The van der Waals surface area contributed by atoms with Gasteiger partial charge in [0.15, 0.2) is 0 Å². The highest BCUT2D eigenvalue weighted by Gasteiger charge is 2.20. The molecule has 2 aromatic rings. The zero-order chi connectivity index (χ0) is 16.9. The Morgan fingerprint density at radius 2 is 2.38 bits per heavy atom. The van der Waals surface area contributed by atoms with Crippen molar-refractivity contribution in [2.45, 2.75) is 32.0 Å². The van der Waals surface area contributed by atoms with Crippen LogP contribution in [0.4, 0.5) is 5.69 Å². The number of benzene rings is 1. The van der Waals surface area contributed by atoms with Crippen molar-refractivity contribution in [3.05, 3.63) is 41.1 Å². The van der Waals surface area contributed by atoms with Crippen molar-refractivity contribution in [2.75, 3.05) is 18.5 Å². The van der Waals surface area contributed by atoms with E-state index in [0.29, 0.717) is 12.3 Å². The molecule has 0 spiro atoms. The molecule has 2 atom stereocenters. The lowest BCUT2D eigenvalue weighted by atomic mass is 10.2. The largest absolute Gasteiger partial charge is 0.376 e. The number of nitrogens with zero attached hydrogens (tertiary/aromatic N) is 2. The Morgan fingerprint density at radius 1 is 1.54 bits per heavy atom. The SMILES string of the molecule is CC(OCC1CCCO1)C(=O)Nc1ccccc1-n1cc(Br)cn1. The van der Waals surface area contributed by atoms with E-state index in [4.69, 9.17) is 9.47 Å². The summed E-state index contributed by atoms with van der Waals surface area (Å²) in [5.74, 6) is -0.188. The Morgan fingerprint density at radius 3 is 3.08 bits per heavy atom. The van der Waals surface area contributed by atoms with Crippen LogP contribution in [0.25, 0.3) is 5.69 Å². The molecule has 7 heteroatoms. The van der Waals surface area contributed by atoms with E-state index in [2.05, 4.69) is 26.3 Å². The van der Waals surface area contributed by atoms with E-state index in [9.17, 15) is 4.79 Å². The predicted molar refractivity (Wildman–Crippen MR) is 94.3 cm³/mol. The van der Waals surface area contributed by atoms with Crippen LogP contribution >= 0.6 is 15.9 Å². The molecule has 1 aromatic heterocycles. The van der Waals surface area contributed by atoms with E-state index in [1.165, 1.54) is 0 Å². The van der Waals surface area contributed by atoms with Gasteiger partial charge in [-0.3, -0.25) is 4.79 Å². The van der Waals surface area contributed by atoms with E-state index >= 15 is 0 Å². The van der Waals surface area contributed by atoms with E-state index < -0.39 is 6.10 Å². The minimum absolute atomic E-state index is 0.106. The van der Waals surface area contributed by atoms with Crippen LogP contribution in [0.3, 0.4) is 0 Å². The molecule has 6 nitrogen and oxygen atoms in total. The van der Waals surface area contributed by atoms with Gasteiger partial charge in [0.2, 0.25) is 0 Å². The van der Waals surface area contributed by atoms with Crippen LogP contribution in [0.15, 0.2) is 41.1 Å². The van der Waals surface area contributed by atoms with Gasteiger partial charge < -0.3 is 14.8 Å². The summed E-state index contributed by atoms with van der Waals surface area (Å²) in [4.78, 5) is 12.4. The third-order valence-corrected chi connectivity index (χ3v) is 4.29. The van der Waals surface area contributed by atoms with Gasteiger partial charge in [-0.25, -0.2) is 4.68 Å². The number of hydrogen-bond acceptors (Lipinski definition) is 4. The molecular formula is C17H20BrN3O3. The lowest BCUT2D eigenvalue weighted by molar-refractivity contribution is -0.128. The Hall–Kier alpha value is -1.70. The first-order valence-electron chi connectivity index (χ1n) is 7.97. The summed E-state index contributed by atoms with van der Waals surface area (Å²) in [6, 6.07) is 7.51. The number of amides is 1. The van der Waals surface area contributed by atoms with Crippen molar-refractivity contribution < 1.29 is 14.3 Å². The molecule has 0 saturated carbocycles. The lowest BCUT2D eigenvalue weighted by Gasteiger charge is -2.17. The number of ether oxygens (including phenoxy) is 2. The molecule has 1 saturated heterocycles. The Kier molecular flexibility index (Phi) is 5.65. The molecule has 1 aromatic carbocycles. The molecule has 1 aliphatic rings. The van der Waals surface area contributed by atoms with Gasteiger partial charge in [0, 0.05) is 12.8 Å². The summed E-state index contributed by atoms with van der Waals surface area (Å²) >= 11 is 3.38. The maximum absolute atomic E-state index is 12.4. The highest BCUT2D eigenvalue weighted by atomic mass is 79.9. The minimum atomic E-state index is -0.549. The smallest absolute Gasteiger partial charge is 0.253 e. The van der Waals surface area contributed by atoms with Gasteiger partial charge in [-0.05, 0) is 47.8 Å². The number of nitrogens with one attached hydrogen (secondary N) is 1. The average molecular weight is 394 g/mol. The summed E-state index contributed by atoms with van der Waals surface area (Å²) in [7, 11) is 0. The third-order valence-electron chi connectivity index (χ3n) is 3.89. The number of anilines is 1. The van der Waals surface area contributed by atoms with Crippen molar-refractivity contribution in [1.29, 1.82) is 0 Å². The maximum atomic E-state index is 12.4. The van der Waals surface area contributed by atoms with Gasteiger partial charge in [-0.2, -0.15) is 5.10 Å². The van der Waals surface area contributed by atoms with Gasteiger partial charge in [-0.15, -0.1) is 0 Å². The minimum Gasteiger partial charge on any atom is -0.376 e. The maximum Gasteiger partial charge on any atom is 0.253 e. The summed E-state index contributed by atoms with van der Waals surface area (Å²) in [5, 5.41) is 7.17. The highest BCUT2D eigenvalue weighted by molar-refractivity contribution is 9.10. The molecule has 1 N–H and O–H groups in total. The topological polar surface area (TPSA) is 65.4 Å². The number of para-hydroxylation sites is 2. The van der Waals surface area contributed by atoms with Crippen LogP contribution in [0.5, 0.6) is 0 Å². The standard InChI is InChI=1S/C17H20BrN3O3/c1-12(24-11-14-5-4-8-23-14)17(22)20-15-6-2-3-7-16(15)21-10-13(18)9-19-21/h2-3,6-7,9-10,12,14H,4-5,8,11H2,1H3,(H,20,22). The summed E-state index contributed by atoms with van der Waals surface area (Å²) in [6.45, 7) is 2.97. The summed E-state index contributed by atoms with van der Waals surface area (Å²) < 4.78 is 13.7. The van der Waals surface area contributed by atoms with Crippen molar-refractivity contribution in [1.82, 2.24) is 9.78 Å². The summed E-state index contributed by atoms with van der Waals surface area (Å²) in [5.41, 5.74) is 1.48. The molecular weight excluding hydrogens is 374 g/mol. The second kappa shape index (κ2) is 7.92. The van der Waals surface area contributed by atoms with Crippen LogP contribution < -0.4 is 5.32 Å². The molecule has 3 rings (SSSR count). The average Bonchev–Trinajstić information content (AvgIpc) is 3.24. The first-order valence-corrected chi connectivity index (χ1v) is 8.76. The number of carbonyl (C=O) groups is 1. The number of aromatic nitrogens is 2. The molecule has 2 unspecified atom stereocenters. The molecule has 2 heterocycles. The van der Waals surface area contributed by atoms with Crippen molar-refractivity contribution in [2.24, 2.45) is 0 Å². The van der Waals surface area contributed by atoms with Gasteiger partial charge in [0.25, 0.3) is 5.91 Å². The highest BCUT2D eigenvalue weighted by Crippen LogP contribution is 2.21. The normalized spacial score (nSPS) is 18.5. The number of halogens is 1. The molecule has 24 heavy (non-hydrogen) atoms. The fourth-order valence-corrected chi connectivity index (χ4v) is 2.83. The Balaban J connectivity index is 1.63. The summed E-state index contributed by atoms with van der Waals surface area (Å²) in [6.07, 6.45) is 5.14. The van der Waals surface area contributed by atoms with Crippen molar-refractivity contribution >= 4 is 27.5 Å². The molecule has 1 aliphatic heterocycles. The zero-order valence-corrected chi connectivity index (χ0v) is 15.0. The quantitative estimate of drug-likeness (QED) is 0.818. The molecule has 128 valence electrons. The van der Waals surface area contributed by atoms with Gasteiger partial charge in [0.05, 0.1) is 34.8 Å². The zero-order valence-electron chi connectivity index (χ0n) is 13.4. The Bertz CT molecular complexity index is 698. The molecule has 0 radical (unpaired) electrons. The second-order valence-electron chi connectivity index (χ2n) is 5.72. The van der Waals surface area contributed by atoms with E-state index in [-0.39, 0.29) is 12.0 Å². The number of carbonyl (C=O) groups excluding carboxylic acids is 1. The number of rotatable bonds is 6. The van der Waals surface area contributed by atoms with E-state index in [0.717, 1.165) is 29.6 Å². The van der Waals surface area contributed by atoms with Gasteiger partial charge in [-0.1, -0.05) is 12.1 Å². The van der Waals surface area contributed by atoms with Crippen LogP contribution in [0.1, 0.15) is 19.8 Å². The van der Waals surface area contributed by atoms with Crippen LogP contribution in [0, 0.1) is 0 Å². The fourth-order valence-electron chi connectivity index (χ4n) is 2.55. The van der Waals surface area contributed by atoms with Gasteiger partial charge in [0.1, 0.15) is 6.10 Å².